The molecule has 0 aliphatic rings. The SMILES string of the molecule is CNC(=O)Nc1cnc(C(C)C)o1. The van der Waals surface area contributed by atoms with Crippen LogP contribution in [0, 0.1) is 0 Å². The van der Waals surface area contributed by atoms with Gasteiger partial charge in [-0.25, -0.2) is 9.78 Å². The molecule has 1 heterocycles. The first-order chi connectivity index (χ1) is 6.13. The van der Waals surface area contributed by atoms with E-state index < -0.39 is 0 Å². The zero-order chi connectivity index (χ0) is 9.84. The minimum absolute atomic E-state index is 0.222. The van der Waals surface area contributed by atoms with Gasteiger partial charge in [-0.2, -0.15) is 0 Å². The fourth-order valence-corrected chi connectivity index (χ4v) is 0.787. The molecular formula is C8H13N3O2. The van der Waals surface area contributed by atoms with Gasteiger partial charge in [0.1, 0.15) is 0 Å². The predicted molar refractivity (Wildman–Crippen MR) is 48.7 cm³/mol. The van der Waals surface area contributed by atoms with Crippen LogP contribution in [0.15, 0.2) is 10.6 Å². The van der Waals surface area contributed by atoms with Gasteiger partial charge >= 0.3 is 6.03 Å². The third kappa shape index (κ3) is 2.47. The number of urea groups is 1. The highest BCUT2D eigenvalue weighted by Crippen LogP contribution is 2.16. The van der Waals surface area contributed by atoms with Crippen LogP contribution < -0.4 is 10.6 Å². The molecule has 0 saturated heterocycles. The van der Waals surface area contributed by atoms with E-state index in [9.17, 15) is 4.79 Å². The summed E-state index contributed by atoms with van der Waals surface area (Å²) in [6.45, 7) is 3.94. The molecule has 72 valence electrons. The number of hydrogen-bond acceptors (Lipinski definition) is 3. The van der Waals surface area contributed by atoms with Gasteiger partial charge in [0.05, 0.1) is 6.20 Å². The summed E-state index contributed by atoms with van der Waals surface area (Å²) in [7, 11) is 1.54. The van der Waals surface area contributed by atoms with Crippen LogP contribution in [0.4, 0.5) is 10.7 Å². The third-order valence-electron chi connectivity index (χ3n) is 1.48. The van der Waals surface area contributed by atoms with Crippen LogP contribution in [-0.2, 0) is 0 Å². The standard InChI is InChI=1S/C8H13N3O2/c1-5(2)7-10-4-6(13-7)11-8(12)9-3/h4-5H,1-3H3,(H2,9,11,12). The summed E-state index contributed by atoms with van der Waals surface area (Å²) in [6, 6.07) is -0.313. The Morgan fingerprint density at radius 1 is 1.62 bits per heavy atom. The Labute approximate surface area is 76.5 Å². The molecule has 0 fully saturated rings. The van der Waals surface area contributed by atoms with Crippen LogP contribution in [0.1, 0.15) is 25.7 Å². The maximum atomic E-state index is 10.9. The van der Waals surface area contributed by atoms with E-state index in [1.807, 2.05) is 13.8 Å². The Balaban J connectivity index is 2.64. The Kier molecular flexibility index (Phi) is 2.89. The first-order valence-electron chi connectivity index (χ1n) is 4.08. The number of carbonyl (C=O) groups excluding carboxylic acids is 1. The second kappa shape index (κ2) is 3.93. The smallest absolute Gasteiger partial charge is 0.321 e. The minimum Gasteiger partial charge on any atom is -0.425 e. The molecule has 0 unspecified atom stereocenters. The molecule has 5 nitrogen and oxygen atoms in total. The lowest BCUT2D eigenvalue weighted by Crippen LogP contribution is -2.24. The van der Waals surface area contributed by atoms with Crippen LogP contribution in [-0.4, -0.2) is 18.1 Å². The molecule has 0 aromatic carbocycles. The number of nitrogens with one attached hydrogen (secondary N) is 2. The van der Waals surface area contributed by atoms with E-state index in [1.54, 1.807) is 0 Å². The van der Waals surface area contributed by atoms with Crippen molar-refractivity contribution in [2.75, 3.05) is 12.4 Å². The molecule has 13 heavy (non-hydrogen) atoms. The van der Waals surface area contributed by atoms with E-state index >= 15 is 0 Å². The van der Waals surface area contributed by atoms with Gasteiger partial charge in [-0.15, -0.1) is 0 Å². The maximum Gasteiger partial charge on any atom is 0.321 e. The Bertz CT molecular complexity index is 293. The maximum absolute atomic E-state index is 10.9. The number of nitrogens with zero attached hydrogens (tertiary/aromatic N) is 1. The molecule has 0 bridgehead atoms. The highest BCUT2D eigenvalue weighted by Gasteiger charge is 2.08. The Hall–Kier alpha value is -1.52. The first-order valence-corrected chi connectivity index (χ1v) is 4.08. The zero-order valence-corrected chi connectivity index (χ0v) is 7.92. The van der Waals surface area contributed by atoms with Crippen molar-refractivity contribution in [1.29, 1.82) is 0 Å². The molecule has 5 heteroatoms. The van der Waals surface area contributed by atoms with E-state index in [4.69, 9.17) is 4.42 Å². The summed E-state index contributed by atoms with van der Waals surface area (Å²) in [5, 5.41) is 4.90. The summed E-state index contributed by atoms with van der Waals surface area (Å²) < 4.78 is 5.23. The molecular weight excluding hydrogens is 170 g/mol. The van der Waals surface area contributed by atoms with Crippen molar-refractivity contribution in [1.82, 2.24) is 10.3 Å². The van der Waals surface area contributed by atoms with E-state index in [-0.39, 0.29) is 11.9 Å². The van der Waals surface area contributed by atoms with Gasteiger partial charge in [0, 0.05) is 13.0 Å². The summed E-state index contributed by atoms with van der Waals surface area (Å²) in [5.41, 5.74) is 0. The molecule has 0 saturated carbocycles. The Morgan fingerprint density at radius 2 is 2.31 bits per heavy atom. The molecule has 2 amide bonds. The summed E-state index contributed by atoms with van der Waals surface area (Å²) in [4.78, 5) is 14.8. The summed E-state index contributed by atoms with van der Waals surface area (Å²) in [5.74, 6) is 1.20. The number of rotatable bonds is 2. The quantitative estimate of drug-likeness (QED) is 0.731. The average molecular weight is 183 g/mol. The first kappa shape index (κ1) is 9.57. The van der Waals surface area contributed by atoms with Crippen LogP contribution >= 0.6 is 0 Å². The van der Waals surface area contributed by atoms with Crippen LogP contribution in [0.2, 0.25) is 0 Å². The lowest BCUT2D eigenvalue weighted by molar-refractivity contribution is 0.253. The lowest BCUT2D eigenvalue weighted by atomic mass is 10.2. The second-order valence-electron chi connectivity index (χ2n) is 2.92. The van der Waals surface area contributed by atoms with Gasteiger partial charge in [0.15, 0.2) is 5.89 Å². The fraction of sp³-hybridized carbons (Fsp3) is 0.500. The van der Waals surface area contributed by atoms with Crippen molar-refractivity contribution >= 4 is 11.9 Å². The van der Waals surface area contributed by atoms with Crippen molar-refractivity contribution in [3.63, 3.8) is 0 Å². The van der Waals surface area contributed by atoms with E-state index in [2.05, 4.69) is 15.6 Å². The second-order valence-corrected chi connectivity index (χ2v) is 2.92. The Morgan fingerprint density at radius 3 is 2.77 bits per heavy atom. The van der Waals surface area contributed by atoms with E-state index in [0.29, 0.717) is 11.8 Å². The number of hydrogen-bond donors (Lipinski definition) is 2. The third-order valence-corrected chi connectivity index (χ3v) is 1.48. The van der Waals surface area contributed by atoms with Gasteiger partial charge in [0.25, 0.3) is 0 Å². The van der Waals surface area contributed by atoms with Crippen molar-refractivity contribution in [2.45, 2.75) is 19.8 Å². The highest BCUT2D eigenvalue weighted by atomic mass is 16.4. The molecule has 1 aromatic rings. The normalized spacial score (nSPS) is 10.2. The van der Waals surface area contributed by atoms with Gasteiger partial charge in [-0.05, 0) is 0 Å². The van der Waals surface area contributed by atoms with Crippen LogP contribution in [0.25, 0.3) is 0 Å². The molecule has 0 spiro atoms. The largest absolute Gasteiger partial charge is 0.425 e. The van der Waals surface area contributed by atoms with E-state index in [1.165, 1.54) is 13.2 Å². The number of anilines is 1. The zero-order valence-electron chi connectivity index (χ0n) is 7.92. The molecule has 1 aromatic heterocycles. The number of aromatic nitrogens is 1. The molecule has 0 radical (unpaired) electrons. The number of amides is 2. The monoisotopic (exact) mass is 183 g/mol. The van der Waals surface area contributed by atoms with Crippen molar-refractivity contribution in [2.24, 2.45) is 0 Å². The lowest BCUT2D eigenvalue weighted by Gasteiger charge is -1.99. The van der Waals surface area contributed by atoms with Crippen molar-refractivity contribution in [3.8, 4) is 0 Å². The summed E-state index contributed by atoms with van der Waals surface area (Å²) >= 11 is 0. The number of carbonyl (C=O) groups is 1. The molecule has 1 rings (SSSR count). The van der Waals surface area contributed by atoms with Crippen LogP contribution in [0.3, 0.4) is 0 Å². The molecule has 2 N–H and O–H groups in total. The molecule has 0 aliphatic carbocycles. The highest BCUT2D eigenvalue weighted by molar-refractivity contribution is 5.87. The van der Waals surface area contributed by atoms with Crippen molar-refractivity contribution in [3.05, 3.63) is 12.1 Å². The topological polar surface area (TPSA) is 67.2 Å². The van der Waals surface area contributed by atoms with Gasteiger partial charge < -0.3 is 9.73 Å². The predicted octanol–water partition coefficient (Wildman–Crippen LogP) is 1.55. The minimum atomic E-state index is -0.313. The van der Waals surface area contributed by atoms with Gasteiger partial charge in [0.2, 0.25) is 5.88 Å². The van der Waals surface area contributed by atoms with Gasteiger partial charge in [-0.1, -0.05) is 13.8 Å². The van der Waals surface area contributed by atoms with Gasteiger partial charge in [-0.3, -0.25) is 5.32 Å². The molecule has 0 aliphatic heterocycles. The fourth-order valence-electron chi connectivity index (χ4n) is 0.787. The average Bonchev–Trinajstić information content (AvgIpc) is 2.52. The van der Waals surface area contributed by atoms with Crippen molar-refractivity contribution < 1.29 is 9.21 Å². The molecule has 0 atom stereocenters. The van der Waals surface area contributed by atoms with E-state index in [0.717, 1.165) is 0 Å². The van der Waals surface area contributed by atoms with Crippen LogP contribution in [0.5, 0.6) is 0 Å². The summed E-state index contributed by atoms with van der Waals surface area (Å²) in [6.07, 6.45) is 1.49. The number of oxazole rings is 1.